The van der Waals surface area contributed by atoms with Crippen molar-refractivity contribution in [2.75, 3.05) is 62.7 Å². The van der Waals surface area contributed by atoms with Gasteiger partial charge in [-0.3, -0.25) is 24.0 Å². The number of fused-ring (bicyclic) bond motifs is 1. The van der Waals surface area contributed by atoms with Gasteiger partial charge in [-0.05, 0) is 135 Å². The zero-order valence-corrected chi connectivity index (χ0v) is 39.2. The number of imidazole rings is 1. The highest BCUT2D eigenvalue weighted by Gasteiger charge is 2.34. The average Bonchev–Trinajstić information content (AvgIpc) is 3.58. The fourth-order valence-corrected chi connectivity index (χ4v) is 11.1. The molecule has 346 valence electrons. The topological polar surface area (TPSA) is 131 Å². The lowest BCUT2D eigenvalue weighted by atomic mass is 9.78. The molecule has 6 heterocycles. The maximum atomic E-state index is 13.3. The van der Waals surface area contributed by atoms with Crippen molar-refractivity contribution in [1.29, 1.82) is 0 Å². The Hall–Kier alpha value is -5.91. The van der Waals surface area contributed by atoms with Crippen molar-refractivity contribution in [1.82, 2.24) is 29.3 Å². The van der Waals surface area contributed by atoms with Crippen LogP contribution < -0.4 is 30.3 Å². The average molecular weight is 915 g/mol. The van der Waals surface area contributed by atoms with E-state index >= 15 is 0 Å². The van der Waals surface area contributed by atoms with Gasteiger partial charge in [-0.2, -0.15) is 0 Å². The number of rotatable bonds is 12. The number of hydrogen-bond donors (Lipinski definition) is 1. The monoisotopic (exact) mass is 913 g/mol. The predicted octanol–water partition coefficient (Wildman–Crippen LogP) is 8.07. The third kappa shape index (κ3) is 9.25. The molecule has 0 spiro atoms. The molecule has 4 saturated heterocycles. The molecule has 3 aromatic carbocycles. The molecule has 0 radical (unpaired) electrons. The summed E-state index contributed by atoms with van der Waals surface area (Å²) in [6.07, 6.45) is 9.54. The molecule has 2 aromatic heterocycles. The summed E-state index contributed by atoms with van der Waals surface area (Å²) in [5.41, 5.74) is 5.26. The fraction of sp³-hybridized carbons (Fsp3) is 0.490. The Kier molecular flexibility index (Phi) is 13.1. The van der Waals surface area contributed by atoms with Crippen molar-refractivity contribution < 1.29 is 19.1 Å². The number of methoxy groups -OCH3 is 1. The largest absolute Gasteiger partial charge is 0.506 e. The Bertz CT molecular complexity index is 2680. The number of benzene rings is 3. The summed E-state index contributed by atoms with van der Waals surface area (Å²) >= 11 is 6.48. The maximum absolute atomic E-state index is 13.3. The maximum Gasteiger partial charge on any atom is 0.329 e. The van der Waals surface area contributed by atoms with E-state index in [1.165, 1.54) is 45.9 Å². The number of carbonyl (C=O) groups excluding carboxylic acids is 2. The zero-order valence-electron chi connectivity index (χ0n) is 38.5. The van der Waals surface area contributed by atoms with E-state index in [4.69, 9.17) is 32.6 Å². The number of amides is 2. The lowest BCUT2D eigenvalue weighted by Gasteiger charge is -2.42. The zero-order chi connectivity index (χ0) is 46.1. The van der Waals surface area contributed by atoms with Gasteiger partial charge in [0.2, 0.25) is 23.5 Å². The number of nitrogens with one attached hydrogen (secondary N) is 1. The SMILES string of the molecule is [C-]#[N+]c1cc(C(C)(C)c2ccc(OCc3ccnc(N4CCC(CN5CCC(C6CCN(c7ccc8c(c7)n(C)c(=O)n8[C@@H]7CCC(=O)NC7=O)CC6)CC5)CC4)n3)cc2)cc(Cl)c1OC. The molecule has 0 aliphatic carbocycles. The molecule has 1 N–H and O–H groups in total. The number of ether oxygens (including phenoxy) is 2. The number of imide groups is 1. The number of aromatic nitrogens is 4. The standard InChI is InChI=1S/C51H60ClN9O5/c1-51(2,37-28-41(52)47(65-5)42(29-37)53-3)36-6-9-40(10-7-36)66-32-38-14-21-54-49(55-38)60-24-15-33(16-25-60)31-58-22-17-34(18-23-58)35-19-26-59(27-20-35)39-8-11-43-45(30-39)57(4)50(64)61(43)44-12-13-46(62)56-48(44)63/h6-11,14,21,28-30,33-35,44H,12-13,15-20,22-27,31-32H2,1-2,4-5H3,(H,56,62,63)/t44-/m1/s1. The molecule has 0 unspecified atom stereocenters. The van der Waals surface area contributed by atoms with Gasteiger partial charge in [-0.1, -0.05) is 37.6 Å². The smallest absolute Gasteiger partial charge is 0.329 e. The van der Waals surface area contributed by atoms with Gasteiger partial charge in [0.1, 0.15) is 24.1 Å². The lowest BCUT2D eigenvalue weighted by Crippen LogP contribution is -2.44. The van der Waals surface area contributed by atoms with Crippen LogP contribution in [0.2, 0.25) is 5.02 Å². The van der Waals surface area contributed by atoms with Crippen LogP contribution in [0.4, 0.5) is 17.3 Å². The Morgan fingerprint density at radius 2 is 1.53 bits per heavy atom. The van der Waals surface area contributed by atoms with Crippen LogP contribution in [0.1, 0.15) is 88.1 Å². The summed E-state index contributed by atoms with van der Waals surface area (Å²) in [4.78, 5) is 58.3. The van der Waals surface area contributed by atoms with Gasteiger partial charge in [0.15, 0.2) is 0 Å². The van der Waals surface area contributed by atoms with E-state index in [1.807, 2.05) is 42.6 Å². The number of piperidine rings is 4. The van der Waals surface area contributed by atoms with Gasteiger partial charge in [-0.15, -0.1) is 0 Å². The van der Waals surface area contributed by atoms with Crippen LogP contribution in [-0.4, -0.2) is 88.7 Å². The minimum Gasteiger partial charge on any atom is -0.506 e. The van der Waals surface area contributed by atoms with Gasteiger partial charge in [-0.25, -0.2) is 19.6 Å². The number of aryl methyl sites for hydroxylation is 1. The summed E-state index contributed by atoms with van der Waals surface area (Å²) in [7, 11) is 3.28. The highest BCUT2D eigenvalue weighted by atomic mass is 35.5. The van der Waals surface area contributed by atoms with Crippen LogP contribution >= 0.6 is 11.6 Å². The minimum absolute atomic E-state index is 0.231. The van der Waals surface area contributed by atoms with E-state index in [2.05, 4.69) is 68.0 Å². The molecule has 5 aromatic rings. The van der Waals surface area contributed by atoms with Crippen LogP contribution in [0, 0.1) is 24.3 Å². The quantitative estimate of drug-likeness (QED) is 0.0969. The Morgan fingerprint density at radius 1 is 0.833 bits per heavy atom. The van der Waals surface area contributed by atoms with Crippen LogP contribution in [-0.2, 0) is 28.7 Å². The van der Waals surface area contributed by atoms with E-state index < -0.39 is 17.4 Å². The van der Waals surface area contributed by atoms with Gasteiger partial charge in [0.25, 0.3) is 0 Å². The molecule has 14 nitrogen and oxygen atoms in total. The molecule has 4 fully saturated rings. The normalized spacial score (nSPS) is 19.5. The number of halogens is 1. The van der Waals surface area contributed by atoms with E-state index in [0.717, 1.165) is 103 Å². The molecule has 9 rings (SSSR count). The molecule has 66 heavy (non-hydrogen) atoms. The summed E-state index contributed by atoms with van der Waals surface area (Å²) < 4.78 is 14.7. The Labute approximate surface area is 391 Å². The van der Waals surface area contributed by atoms with Crippen molar-refractivity contribution >= 4 is 51.8 Å². The number of nitrogens with zero attached hydrogens (tertiary/aromatic N) is 8. The van der Waals surface area contributed by atoms with E-state index in [-0.39, 0.29) is 18.0 Å². The first-order valence-corrected chi connectivity index (χ1v) is 23.9. The molecule has 4 aliphatic rings. The van der Waals surface area contributed by atoms with Gasteiger partial charge in [0.05, 0.1) is 35.4 Å². The molecule has 1 atom stereocenters. The second-order valence-corrected chi connectivity index (χ2v) is 19.6. The summed E-state index contributed by atoms with van der Waals surface area (Å²) in [6, 6.07) is 19.1. The second kappa shape index (κ2) is 19.1. The van der Waals surface area contributed by atoms with Crippen molar-refractivity contribution in [3.05, 3.63) is 111 Å². The highest BCUT2D eigenvalue weighted by molar-refractivity contribution is 6.32. The molecule has 15 heteroatoms. The Morgan fingerprint density at radius 3 is 2.21 bits per heavy atom. The number of anilines is 2. The molecular weight excluding hydrogens is 854 g/mol. The number of hydrogen-bond acceptors (Lipinski definition) is 10. The number of carbonyl (C=O) groups is 2. The Balaban J connectivity index is 0.708. The molecular formula is C51H60ClN9O5. The lowest BCUT2D eigenvalue weighted by molar-refractivity contribution is -0.135. The van der Waals surface area contributed by atoms with Crippen LogP contribution in [0.3, 0.4) is 0 Å². The summed E-state index contributed by atoms with van der Waals surface area (Å²) in [5.74, 6) is 3.40. The summed E-state index contributed by atoms with van der Waals surface area (Å²) in [5, 5.41) is 2.82. The van der Waals surface area contributed by atoms with Gasteiger partial charge in [0, 0.05) is 63.5 Å². The predicted molar refractivity (Wildman–Crippen MR) is 257 cm³/mol. The van der Waals surface area contributed by atoms with Gasteiger partial charge < -0.3 is 24.2 Å². The van der Waals surface area contributed by atoms with Crippen LogP contribution in [0.25, 0.3) is 15.9 Å². The molecule has 0 saturated carbocycles. The van der Waals surface area contributed by atoms with Crippen molar-refractivity contribution in [3.63, 3.8) is 0 Å². The molecule has 2 amide bonds. The van der Waals surface area contributed by atoms with Crippen LogP contribution in [0.5, 0.6) is 11.5 Å². The van der Waals surface area contributed by atoms with Crippen molar-refractivity contribution in [3.8, 4) is 11.5 Å². The minimum atomic E-state index is -0.675. The first-order valence-electron chi connectivity index (χ1n) is 23.5. The van der Waals surface area contributed by atoms with E-state index in [0.29, 0.717) is 35.4 Å². The summed E-state index contributed by atoms with van der Waals surface area (Å²) in [6.45, 7) is 19.6. The van der Waals surface area contributed by atoms with E-state index in [9.17, 15) is 14.4 Å². The molecule has 4 aliphatic heterocycles. The second-order valence-electron chi connectivity index (χ2n) is 19.2. The fourth-order valence-electron chi connectivity index (χ4n) is 10.8. The first kappa shape index (κ1) is 45.3. The van der Waals surface area contributed by atoms with Crippen LogP contribution in [0.15, 0.2) is 71.7 Å². The molecule has 0 bridgehead atoms. The number of likely N-dealkylation sites (tertiary alicyclic amines) is 1. The van der Waals surface area contributed by atoms with Crippen molar-refractivity contribution in [2.45, 2.75) is 83.3 Å². The van der Waals surface area contributed by atoms with Gasteiger partial charge >= 0.3 is 5.69 Å². The third-order valence-electron chi connectivity index (χ3n) is 14.9. The first-order chi connectivity index (χ1) is 31.9. The van der Waals surface area contributed by atoms with E-state index in [1.54, 1.807) is 16.2 Å². The third-order valence-corrected chi connectivity index (χ3v) is 15.2. The van der Waals surface area contributed by atoms with Crippen molar-refractivity contribution in [2.24, 2.45) is 24.8 Å². The highest BCUT2D eigenvalue weighted by Crippen LogP contribution is 2.42.